The fourth-order valence-corrected chi connectivity index (χ4v) is 11.3. The highest BCUT2D eigenvalue weighted by atomic mass is 16.5. The third-order valence-corrected chi connectivity index (χ3v) is 14.4. The molecule has 0 aromatic heterocycles. The maximum atomic E-state index is 9.77. The highest BCUT2D eigenvalue weighted by Gasteiger charge is 2.39. The first kappa shape index (κ1) is 41.3. The predicted octanol–water partition coefficient (Wildman–Crippen LogP) is 9.86. The summed E-state index contributed by atoms with van der Waals surface area (Å²) >= 11 is 0. The van der Waals surface area contributed by atoms with Crippen molar-refractivity contribution in [2.75, 3.05) is 78.7 Å². The summed E-state index contributed by atoms with van der Waals surface area (Å²) in [5, 5.41) is 19.5. The van der Waals surface area contributed by atoms with Gasteiger partial charge < -0.3 is 29.5 Å². The number of hydrogen-bond acceptors (Lipinski definition) is 8. The van der Waals surface area contributed by atoms with Gasteiger partial charge in [-0.25, -0.2) is 0 Å². The van der Waals surface area contributed by atoms with Crippen molar-refractivity contribution in [3.63, 3.8) is 0 Å². The van der Waals surface area contributed by atoms with Crippen LogP contribution in [-0.2, 0) is 0 Å². The van der Waals surface area contributed by atoms with Gasteiger partial charge in [0.1, 0.15) is 23.0 Å². The molecule has 0 amide bonds. The zero-order valence-corrected chi connectivity index (χ0v) is 35.9. The fraction of sp³-hybridized carbons (Fsp3) is 0.538. The summed E-state index contributed by atoms with van der Waals surface area (Å²) in [6, 6.07) is 30.0. The van der Waals surface area contributed by atoms with Gasteiger partial charge in [-0.15, -0.1) is 0 Å². The van der Waals surface area contributed by atoms with E-state index in [0.29, 0.717) is 35.4 Å². The molecule has 320 valence electrons. The quantitative estimate of drug-likeness (QED) is 0.137. The number of rotatable bonds is 12. The van der Waals surface area contributed by atoms with Crippen molar-refractivity contribution >= 4 is 0 Å². The van der Waals surface area contributed by atoms with Crippen molar-refractivity contribution in [1.82, 2.24) is 19.6 Å². The summed E-state index contributed by atoms with van der Waals surface area (Å²) in [5.41, 5.74) is 8.27. The first-order chi connectivity index (χ1) is 29.6. The standard InChI is InChI=1S/2C26H34N2O2/c29-21-12-10-20(11-13-21)23-19-28-17-5-8-24(28)22-7-4-9-25(26(22)23)30-18-6-16-27-14-2-1-3-15-27;29-21-9-7-20(8-10-21)25-19-28-16-4-6-26(28)24-18-22(11-12-23(24)25)30-17-5-15-27-13-2-1-3-14-27/h4,7,9-13,23-24,29H,1-3,5-6,8,14-19H2;7-12,18,25-26,29H,1-6,13-17,19H2/t23-,24-;25-,26+/m01/s1. The first-order valence-electron chi connectivity index (χ1n) is 23.6. The van der Waals surface area contributed by atoms with Crippen molar-refractivity contribution in [1.29, 1.82) is 0 Å². The summed E-state index contributed by atoms with van der Waals surface area (Å²) < 4.78 is 12.6. The van der Waals surface area contributed by atoms with Gasteiger partial charge >= 0.3 is 0 Å². The summed E-state index contributed by atoms with van der Waals surface area (Å²) in [4.78, 5) is 10.4. The van der Waals surface area contributed by atoms with Crippen molar-refractivity contribution in [3.05, 3.63) is 118 Å². The van der Waals surface area contributed by atoms with Crippen LogP contribution in [0.5, 0.6) is 23.0 Å². The lowest BCUT2D eigenvalue weighted by Gasteiger charge is -2.38. The number of nitrogens with zero attached hydrogens (tertiary/aromatic N) is 4. The average Bonchev–Trinajstić information content (AvgIpc) is 3.98. The molecule has 6 aliphatic heterocycles. The van der Waals surface area contributed by atoms with E-state index in [0.717, 1.165) is 63.7 Å². The van der Waals surface area contributed by atoms with Crippen LogP contribution >= 0.6 is 0 Å². The zero-order chi connectivity index (χ0) is 40.7. The molecule has 2 N–H and O–H groups in total. The van der Waals surface area contributed by atoms with E-state index in [2.05, 4.69) is 80.3 Å². The van der Waals surface area contributed by atoms with E-state index < -0.39 is 0 Å². The Balaban J connectivity index is 0.000000154. The zero-order valence-electron chi connectivity index (χ0n) is 35.9. The van der Waals surface area contributed by atoms with Crippen molar-refractivity contribution in [3.8, 4) is 23.0 Å². The topological polar surface area (TPSA) is 71.9 Å². The molecule has 0 spiro atoms. The molecule has 6 heterocycles. The number of benzene rings is 4. The van der Waals surface area contributed by atoms with Gasteiger partial charge in [0.2, 0.25) is 0 Å². The average molecular weight is 813 g/mol. The molecule has 60 heavy (non-hydrogen) atoms. The van der Waals surface area contributed by atoms with E-state index in [1.54, 1.807) is 0 Å². The van der Waals surface area contributed by atoms with Gasteiger partial charge in [0.15, 0.2) is 0 Å². The minimum atomic E-state index is 0.299. The molecule has 0 unspecified atom stereocenters. The number of piperidine rings is 2. The Hall–Kier alpha value is -4.08. The number of phenolic OH excluding ortho intramolecular Hbond substituents is 2. The number of aromatic hydroxyl groups is 2. The van der Waals surface area contributed by atoms with Gasteiger partial charge in [0.25, 0.3) is 0 Å². The highest BCUT2D eigenvalue weighted by Crippen LogP contribution is 2.48. The van der Waals surface area contributed by atoms with E-state index in [-0.39, 0.29) is 0 Å². The molecule has 4 fully saturated rings. The summed E-state index contributed by atoms with van der Waals surface area (Å²) in [5.74, 6) is 3.41. The second-order valence-corrected chi connectivity index (χ2v) is 18.4. The van der Waals surface area contributed by atoms with E-state index in [1.165, 1.54) is 137 Å². The number of phenols is 2. The number of fused-ring (bicyclic) bond motifs is 6. The fourth-order valence-electron chi connectivity index (χ4n) is 11.3. The van der Waals surface area contributed by atoms with Gasteiger partial charge in [0.05, 0.1) is 13.2 Å². The van der Waals surface area contributed by atoms with E-state index in [4.69, 9.17) is 9.47 Å². The number of hydrogen-bond donors (Lipinski definition) is 2. The van der Waals surface area contributed by atoms with Crippen LogP contribution in [0.2, 0.25) is 0 Å². The molecule has 10 rings (SSSR count). The van der Waals surface area contributed by atoms with Crippen LogP contribution in [0.4, 0.5) is 0 Å². The van der Waals surface area contributed by atoms with Crippen LogP contribution in [-0.4, -0.2) is 108 Å². The molecular weight excluding hydrogens is 745 g/mol. The van der Waals surface area contributed by atoms with Crippen molar-refractivity contribution in [2.24, 2.45) is 0 Å². The maximum absolute atomic E-state index is 9.77. The molecule has 0 saturated carbocycles. The lowest BCUT2D eigenvalue weighted by Crippen LogP contribution is -2.35. The molecule has 4 aromatic rings. The van der Waals surface area contributed by atoms with Gasteiger partial charge in [-0.05, 0) is 174 Å². The summed E-state index contributed by atoms with van der Waals surface area (Å²) in [6.07, 6.45) is 15.4. The Morgan fingerprint density at radius 1 is 0.500 bits per heavy atom. The first-order valence-corrected chi connectivity index (χ1v) is 23.6. The Bertz CT molecular complexity index is 1960. The predicted molar refractivity (Wildman–Crippen MR) is 241 cm³/mol. The minimum absolute atomic E-state index is 0.299. The van der Waals surface area contributed by atoms with E-state index >= 15 is 0 Å². The molecule has 8 heteroatoms. The SMILES string of the molecule is Oc1ccc([C@@H]2CN3CCC[C@H]3c3cccc(OCCCN4CCCCC4)c32)cc1.Oc1ccc([C@H]2CN3CCC[C@H]3c3cc(OCCCN4CCCCC4)ccc32)cc1. The molecular formula is C52H68N4O4. The molecule has 6 aliphatic rings. The second-order valence-electron chi connectivity index (χ2n) is 18.4. The maximum Gasteiger partial charge on any atom is 0.123 e. The monoisotopic (exact) mass is 813 g/mol. The smallest absolute Gasteiger partial charge is 0.123 e. The number of ether oxygens (including phenoxy) is 2. The Morgan fingerprint density at radius 3 is 1.67 bits per heavy atom. The van der Waals surface area contributed by atoms with E-state index in [1.807, 2.05) is 24.3 Å². The highest BCUT2D eigenvalue weighted by molar-refractivity contribution is 5.51. The van der Waals surface area contributed by atoms with Gasteiger partial charge in [-0.1, -0.05) is 55.3 Å². The largest absolute Gasteiger partial charge is 0.508 e. The Labute approximate surface area is 359 Å². The van der Waals surface area contributed by atoms with E-state index in [9.17, 15) is 10.2 Å². The Morgan fingerprint density at radius 2 is 1.05 bits per heavy atom. The van der Waals surface area contributed by atoms with Gasteiger partial charge in [-0.3, -0.25) is 9.80 Å². The summed E-state index contributed by atoms with van der Waals surface area (Å²) in [7, 11) is 0. The van der Waals surface area contributed by atoms with Crippen LogP contribution in [0.25, 0.3) is 0 Å². The summed E-state index contributed by atoms with van der Waals surface area (Å²) in [6.45, 7) is 13.4. The lowest BCUT2D eigenvalue weighted by atomic mass is 9.81. The van der Waals surface area contributed by atoms with Crippen LogP contribution in [0.3, 0.4) is 0 Å². The molecule has 4 saturated heterocycles. The number of likely N-dealkylation sites (tertiary alicyclic amines) is 2. The molecule has 0 bridgehead atoms. The Kier molecular flexibility index (Phi) is 13.6. The molecule has 4 atom stereocenters. The third kappa shape index (κ3) is 9.68. The van der Waals surface area contributed by atoms with Crippen LogP contribution in [0, 0.1) is 0 Å². The van der Waals surface area contributed by atoms with Gasteiger partial charge in [0, 0.05) is 55.7 Å². The molecule has 0 aliphatic carbocycles. The normalized spacial score (nSPS) is 24.4. The van der Waals surface area contributed by atoms with Crippen LogP contribution in [0.15, 0.2) is 84.9 Å². The molecule has 0 radical (unpaired) electrons. The molecule has 8 nitrogen and oxygen atoms in total. The van der Waals surface area contributed by atoms with Crippen molar-refractivity contribution in [2.45, 2.75) is 101 Å². The van der Waals surface area contributed by atoms with Crippen LogP contribution < -0.4 is 9.47 Å². The van der Waals surface area contributed by atoms with Gasteiger partial charge in [-0.2, -0.15) is 0 Å². The molecule has 4 aromatic carbocycles. The lowest BCUT2D eigenvalue weighted by molar-refractivity contribution is 0.200. The minimum Gasteiger partial charge on any atom is -0.508 e. The van der Waals surface area contributed by atoms with Crippen LogP contribution in [0.1, 0.15) is 134 Å². The van der Waals surface area contributed by atoms with Crippen molar-refractivity contribution < 1.29 is 19.7 Å². The second kappa shape index (κ2) is 19.7. The third-order valence-electron chi connectivity index (χ3n) is 14.4.